The van der Waals surface area contributed by atoms with E-state index in [0.29, 0.717) is 5.88 Å². The van der Waals surface area contributed by atoms with Gasteiger partial charge in [-0.2, -0.15) is 0 Å². The average molecular weight is 256 g/mol. The van der Waals surface area contributed by atoms with Crippen LogP contribution in [0.25, 0.3) is 0 Å². The minimum absolute atomic E-state index is 0.220. The number of para-hydroxylation sites is 1. The summed E-state index contributed by atoms with van der Waals surface area (Å²) in [5.41, 5.74) is 2.18. The second-order valence-corrected chi connectivity index (χ2v) is 4.54. The average Bonchev–Trinajstić information content (AvgIpc) is 2.42. The highest BCUT2D eigenvalue weighted by molar-refractivity contribution is 5.38. The molecule has 0 radical (unpaired) electrons. The van der Waals surface area contributed by atoms with E-state index in [2.05, 4.69) is 24.1 Å². The van der Waals surface area contributed by atoms with Crippen molar-refractivity contribution in [3.8, 4) is 11.6 Å². The molecule has 1 aromatic carbocycles. The Morgan fingerprint density at radius 3 is 2.74 bits per heavy atom. The molecule has 0 bridgehead atoms. The van der Waals surface area contributed by atoms with Crippen molar-refractivity contribution in [2.45, 2.75) is 26.8 Å². The summed E-state index contributed by atoms with van der Waals surface area (Å²) in [5, 5.41) is 3.38. The van der Waals surface area contributed by atoms with E-state index in [9.17, 15) is 0 Å². The summed E-state index contributed by atoms with van der Waals surface area (Å²) in [6.45, 7) is 7.16. The molecule has 1 aromatic heterocycles. The zero-order valence-electron chi connectivity index (χ0n) is 11.7. The SMILES string of the molecule is CCNC(C)c1cccnc1Oc1ccccc1C. The van der Waals surface area contributed by atoms with E-state index < -0.39 is 0 Å². The van der Waals surface area contributed by atoms with Gasteiger partial charge in [0.1, 0.15) is 5.75 Å². The molecule has 0 saturated heterocycles. The number of ether oxygens (including phenoxy) is 1. The summed E-state index contributed by atoms with van der Waals surface area (Å²) < 4.78 is 5.96. The van der Waals surface area contributed by atoms with Crippen LogP contribution < -0.4 is 10.1 Å². The van der Waals surface area contributed by atoms with Crippen LogP contribution in [-0.4, -0.2) is 11.5 Å². The monoisotopic (exact) mass is 256 g/mol. The third kappa shape index (κ3) is 3.32. The maximum absolute atomic E-state index is 5.96. The molecule has 0 spiro atoms. The minimum Gasteiger partial charge on any atom is -0.438 e. The van der Waals surface area contributed by atoms with Crippen LogP contribution in [0, 0.1) is 6.92 Å². The maximum Gasteiger partial charge on any atom is 0.223 e. The maximum atomic E-state index is 5.96. The van der Waals surface area contributed by atoms with Gasteiger partial charge >= 0.3 is 0 Å². The molecule has 0 aliphatic carbocycles. The van der Waals surface area contributed by atoms with Gasteiger partial charge in [0, 0.05) is 17.8 Å². The smallest absolute Gasteiger partial charge is 0.223 e. The molecule has 1 atom stereocenters. The molecule has 0 amide bonds. The van der Waals surface area contributed by atoms with Gasteiger partial charge in [-0.25, -0.2) is 4.98 Å². The highest BCUT2D eigenvalue weighted by Gasteiger charge is 2.12. The fourth-order valence-electron chi connectivity index (χ4n) is 2.01. The van der Waals surface area contributed by atoms with Crippen LogP contribution in [0.2, 0.25) is 0 Å². The number of rotatable bonds is 5. The molecular formula is C16H20N2O. The Kier molecular flexibility index (Phi) is 4.53. The van der Waals surface area contributed by atoms with Crippen molar-refractivity contribution in [3.63, 3.8) is 0 Å². The van der Waals surface area contributed by atoms with Gasteiger partial charge in [0.05, 0.1) is 0 Å². The third-order valence-electron chi connectivity index (χ3n) is 3.08. The van der Waals surface area contributed by atoms with Crippen LogP contribution in [0.15, 0.2) is 42.6 Å². The number of hydrogen-bond donors (Lipinski definition) is 1. The standard InChI is InChI=1S/C16H20N2O/c1-4-17-13(3)14-9-7-11-18-16(14)19-15-10-6-5-8-12(15)2/h5-11,13,17H,4H2,1-3H3. The fourth-order valence-corrected chi connectivity index (χ4v) is 2.01. The van der Waals surface area contributed by atoms with Crippen LogP contribution in [-0.2, 0) is 0 Å². The topological polar surface area (TPSA) is 34.2 Å². The summed E-state index contributed by atoms with van der Waals surface area (Å²) >= 11 is 0. The van der Waals surface area contributed by atoms with Crippen LogP contribution in [0.1, 0.15) is 31.0 Å². The molecule has 3 heteroatoms. The number of nitrogens with zero attached hydrogens (tertiary/aromatic N) is 1. The van der Waals surface area contributed by atoms with Gasteiger partial charge in [0.2, 0.25) is 5.88 Å². The fraction of sp³-hybridized carbons (Fsp3) is 0.312. The second kappa shape index (κ2) is 6.34. The van der Waals surface area contributed by atoms with Crippen molar-refractivity contribution in [1.82, 2.24) is 10.3 Å². The van der Waals surface area contributed by atoms with Crippen LogP contribution in [0.4, 0.5) is 0 Å². The number of hydrogen-bond acceptors (Lipinski definition) is 3. The Hall–Kier alpha value is -1.87. The summed E-state index contributed by atoms with van der Waals surface area (Å²) in [5.74, 6) is 1.52. The largest absolute Gasteiger partial charge is 0.438 e. The van der Waals surface area contributed by atoms with E-state index in [1.54, 1.807) is 6.20 Å². The van der Waals surface area contributed by atoms with E-state index in [-0.39, 0.29) is 6.04 Å². The first kappa shape index (κ1) is 13.6. The molecule has 0 fully saturated rings. The Morgan fingerprint density at radius 2 is 2.00 bits per heavy atom. The van der Waals surface area contributed by atoms with Gasteiger partial charge in [-0.15, -0.1) is 0 Å². The second-order valence-electron chi connectivity index (χ2n) is 4.54. The zero-order valence-corrected chi connectivity index (χ0v) is 11.7. The van der Waals surface area contributed by atoms with Crippen molar-refractivity contribution in [2.75, 3.05) is 6.54 Å². The lowest BCUT2D eigenvalue weighted by molar-refractivity contribution is 0.441. The normalized spacial score (nSPS) is 12.2. The number of aromatic nitrogens is 1. The van der Waals surface area contributed by atoms with E-state index in [4.69, 9.17) is 4.74 Å². The van der Waals surface area contributed by atoms with Crippen molar-refractivity contribution in [2.24, 2.45) is 0 Å². The van der Waals surface area contributed by atoms with Gasteiger partial charge in [0.15, 0.2) is 0 Å². The first-order valence-corrected chi connectivity index (χ1v) is 6.64. The lowest BCUT2D eigenvalue weighted by Gasteiger charge is -2.17. The Morgan fingerprint density at radius 1 is 1.21 bits per heavy atom. The molecular weight excluding hydrogens is 236 g/mol. The van der Waals surface area contributed by atoms with E-state index in [1.165, 1.54) is 0 Å². The zero-order chi connectivity index (χ0) is 13.7. The summed E-state index contributed by atoms with van der Waals surface area (Å²) in [6.07, 6.45) is 1.76. The highest BCUT2D eigenvalue weighted by atomic mass is 16.5. The molecule has 3 nitrogen and oxygen atoms in total. The molecule has 2 aromatic rings. The van der Waals surface area contributed by atoms with E-state index in [1.807, 2.05) is 43.3 Å². The Balaban J connectivity index is 2.28. The Bertz CT molecular complexity index is 540. The lowest BCUT2D eigenvalue weighted by atomic mass is 10.1. The number of benzene rings is 1. The van der Waals surface area contributed by atoms with E-state index >= 15 is 0 Å². The molecule has 1 N–H and O–H groups in total. The molecule has 1 unspecified atom stereocenters. The molecule has 2 rings (SSSR count). The predicted octanol–water partition coefficient (Wildman–Crippen LogP) is 3.85. The molecule has 1 heterocycles. The van der Waals surface area contributed by atoms with Crippen molar-refractivity contribution >= 4 is 0 Å². The molecule has 100 valence electrons. The number of pyridine rings is 1. The Labute approximate surface area is 114 Å². The molecule has 19 heavy (non-hydrogen) atoms. The van der Waals surface area contributed by atoms with Gasteiger partial charge in [-0.1, -0.05) is 31.2 Å². The summed E-state index contributed by atoms with van der Waals surface area (Å²) in [7, 11) is 0. The number of aryl methyl sites for hydroxylation is 1. The summed E-state index contributed by atoms with van der Waals surface area (Å²) in [4.78, 5) is 4.36. The van der Waals surface area contributed by atoms with Gasteiger partial charge in [0.25, 0.3) is 0 Å². The van der Waals surface area contributed by atoms with Crippen molar-refractivity contribution in [3.05, 3.63) is 53.7 Å². The van der Waals surface area contributed by atoms with Crippen LogP contribution in [0.5, 0.6) is 11.6 Å². The predicted molar refractivity (Wildman–Crippen MR) is 77.6 cm³/mol. The minimum atomic E-state index is 0.220. The first-order valence-electron chi connectivity index (χ1n) is 6.64. The van der Waals surface area contributed by atoms with Gasteiger partial charge in [-0.05, 0) is 38.1 Å². The third-order valence-corrected chi connectivity index (χ3v) is 3.08. The van der Waals surface area contributed by atoms with Crippen LogP contribution >= 0.6 is 0 Å². The lowest BCUT2D eigenvalue weighted by Crippen LogP contribution is -2.18. The van der Waals surface area contributed by atoms with Gasteiger partial charge in [-0.3, -0.25) is 0 Å². The molecule has 0 aliphatic rings. The van der Waals surface area contributed by atoms with Crippen molar-refractivity contribution < 1.29 is 4.74 Å². The van der Waals surface area contributed by atoms with Crippen LogP contribution in [0.3, 0.4) is 0 Å². The number of nitrogens with one attached hydrogen (secondary N) is 1. The first-order chi connectivity index (χ1) is 9.22. The van der Waals surface area contributed by atoms with Crippen molar-refractivity contribution in [1.29, 1.82) is 0 Å². The quantitative estimate of drug-likeness (QED) is 0.882. The van der Waals surface area contributed by atoms with Gasteiger partial charge < -0.3 is 10.1 Å². The van der Waals surface area contributed by atoms with E-state index in [0.717, 1.165) is 23.4 Å². The molecule has 0 aliphatic heterocycles. The highest BCUT2D eigenvalue weighted by Crippen LogP contribution is 2.28. The summed E-state index contributed by atoms with van der Waals surface area (Å²) in [6, 6.07) is 12.2. The molecule has 0 saturated carbocycles.